The van der Waals surface area contributed by atoms with Crippen LogP contribution in [0.4, 0.5) is 5.69 Å². The number of nitrogen functional groups attached to an aromatic ring is 1. The van der Waals surface area contributed by atoms with Crippen molar-refractivity contribution in [3.8, 4) is 0 Å². The number of rotatable bonds is 5. The van der Waals surface area contributed by atoms with E-state index in [2.05, 4.69) is 5.32 Å². The predicted molar refractivity (Wildman–Crippen MR) is 75.5 cm³/mol. The van der Waals surface area contributed by atoms with E-state index < -0.39 is 0 Å². The predicted octanol–water partition coefficient (Wildman–Crippen LogP) is 1.48. The highest BCUT2D eigenvalue weighted by Crippen LogP contribution is 2.25. The van der Waals surface area contributed by atoms with Crippen LogP contribution >= 0.6 is 0 Å². The van der Waals surface area contributed by atoms with Gasteiger partial charge in [-0.3, -0.25) is 4.79 Å². The van der Waals surface area contributed by atoms with Crippen LogP contribution in [0.5, 0.6) is 0 Å². The number of aryl methyl sites for hydroxylation is 1. The lowest BCUT2D eigenvalue weighted by atomic mass is 10.0. The highest BCUT2D eigenvalue weighted by atomic mass is 16.3. The summed E-state index contributed by atoms with van der Waals surface area (Å²) in [5, 5.41) is 12.3. The number of aliphatic hydroxyl groups excluding tert-OH is 1. The van der Waals surface area contributed by atoms with Crippen molar-refractivity contribution in [2.45, 2.75) is 38.1 Å². The highest BCUT2D eigenvalue weighted by Gasteiger charge is 2.27. The Bertz CT molecular complexity index is 434. The van der Waals surface area contributed by atoms with E-state index in [9.17, 15) is 9.90 Å². The van der Waals surface area contributed by atoms with Gasteiger partial charge < -0.3 is 16.2 Å². The lowest BCUT2D eigenvalue weighted by Gasteiger charge is -2.19. The maximum absolute atomic E-state index is 11.9. The molecule has 4 heteroatoms. The largest absolute Gasteiger partial charge is 0.399 e. The lowest BCUT2D eigenvalue weighted by molar-refractivity contribution is -0.122. The molecule has 1 saturated carbocycles. The molecule has 4 N–H and O–H groups in total. The molecular weight excluding hydrogens is 240 g/mol. The van der Waals surface area contributed by atoms with Gasteiger partial charge in [0.25, 0.3) is 0 Å². The van der Waals surface area contributed by atoms with Gasteiger partial charge in [-0.25, -0.2) is 0 Å². The monoisotopic (exact) mass is 262 g/mol. The molecule has 0 aromatic heterocycles. The fourth-order valence-electron chi connectivity index (χ4n) is 2.73. The molecule has 2 rings (SSSR count). The van der Waals surface area contributed by atoms with Crippen molar-refractivity contribution in [2.75, 3.05) is 12.3 Å². The number of hydrogen-bond donors (Lipinski definition) is 3. The summed E-state index contributed by atoms with van der Waals surface area (Å²) in [6.07, 6.45) is 4.25. The van der Waals surface area contributed by atoms with Crippen LogP contribution in [0.25, 0.3) is 0 Å². The molecule has 0 bridgehead atoms. The van der Waals surface area contributed by atoms with Gasteiger partial charge in [-0.1, -0.05) is 18.6 Å². The maximum Gasteiger partial charge on any atom is 0.220 e. The van der Waals surface area contributed by atoms with Gasteiger partial charge in [-0.15, -0.1) is 0 Å². The second kappa shape index (κ2) is 6.57. The summed E-state index contributed by atoms with van der Waals surface area (Å²) >= 11 is 0. The van der Waals surface area contributed by atoms with Gasteiger partial charge >= 0.3 is 0 Å². The smallest absolute Gasteiger partial charge is 0.220 e. The van der Waals surface area contributed by atoms with Crippen molar-refractivity contribution < 1.29 is 9.90 Å². The van der Waals surface area contributed by atoms with E-state index in [4.69, 9.17) is 5.73 Å². The molecule has 1 aromatic rings. The van der Waals surface area contributed by atoms with Gasteiger partial charge in [0.05, 0.1) is 0 Å². The van der Waals surface area contributed by atoms with Gasteiger partial charge in [0, 0.05) is 30.7 Å². The Morgan fingerprint density at radius 2 is 2.26 bits per heavy atom. The molecule has 19 heavy (non-hydrogen) atoms. The molecule has 2 unspecified atom stereocenters. The van der Waals surface area contributed by atoms with E-state index in [1.165, 1.54) is 0 Å². The normalized spacial score (nSPS) is 22.4. The molecule has 1 fully saturated rings. The fourth-order valence-corrected chi connectivity index (χ4v) is 2.73. The highest BCUT2D eigenvalue weighted by molar-refractivity contribution is 5.76. The molecule has 1 aliphatic rings. The first-order chi connectivity index (χ1) is 9.19. The molecule has 1 aliphatic carbocycles. The van der Waals surface area contributed by atoms with Crippen LogP contribution in [0.3, 0.4) is 0 Å². The van der Waals surface area contributed by atoms with Crippen LogP contribution in [0, 0.1) is 5.92 Å². The average molecular weight is 262 g/mol. The summed E-state index contributed by atoms with van der Waals surface area (Å²) in [5.74, 6) is 0.295. The quantitative estimate of drug-likeness (QED) is 0.704. The first-order valence-electron chi connectivity index (χ1n) is 6.93. The second-order valence-electron chi connectivity index (χ2n) is 5.29. The van der Waals surface area contributed by atoms with Crippen molar-refractivity contribution in [3.63, 3.8) is 0 Å². The third-order valence-electron chi connectivity index (χ3n) is 3.83. The van der Waals surface area contributed by atoms with E-state index in [0.717, 1.165) is 30.5 Å². The molecule has 1 aromatic carbocycles. The van der Waals surface area contributed by atoms with Crippen molar-refractivity contribution in [1.82, 2.24) is 5.32 Å². The summed E-state index contributed by atoms with van der Waals surface area (Å²) in [5.41, 5.74) is 7.52. The molecule has 0 spiro atoms. The molecule has 0 radical (unpaired) electrons. The zero-order valence-electron chi connectivity index (χ0n) is 11.1. The Balaban J connectivity index is 1.78. The molecule has 104 valence electrons. The molecule has 0 saturated heterocycles. The van der Waals surface area contributed by atoms with E-state index in [1.807, 2.05) is 24.3 Å². The number of nitrogens with one attached hydrogen (secondary N) is 1. The van der Waals surface area contributed by atoms with Gasteiger partial charge in [-0.2, -0.15) is 0 Å². The summed E-state index contributed by atoms with van der Waals surface area (Å²) in [7, 11) is 0. The molecule has 0 aliphatic heterocycles. The Hall–Kier alpha value is -1.55. The second-order valence-corrected chi connectivity index (χ2v) is 5.29. The van der Waals surface area contributed by atoms with Gasteiger partial charge in [-0.05, 0) is 37.0 Å². The molecular formula is C15H22N2O2. The third kappa shape index (κ3) is 3.96. The first kappa shape index (κ1) is 13.9. The number of nitrogens with two attached hydrogens (primary N) is 1. The van der Waals surface area contributed by atoms with Crippen LogP contribution in [-0.4, -0.2) is 23.7 Å². The summed E-state index contributed by atoms with van der Waals surface area (Å²) in [6.45, 7) is 0.167. The number of aliphatic hydroxyl groups is 1. The van der Waals surface area contributed by atoms with E-state index in [1.54, 1.807) is 0 Å². The Morgan fingerprint density at radius 3 is 3.00 bits per heavy atom. The Morgan fingerprint density at radius 1 is 1.42 bits per heavy atom. The molecule has 0 heterocycles. The van der Waals surface area contributed by atoms with Crippen molar-refractivity contribution >= 4 is 11.6 Å². The molecule has 2 atom stereocenters. The Kier molecular flexibility index (Phi) is 4.80. The number of carbonyl (C=O) groups is 1. The summed E-state index contributed by atoms with van der Waals surface area (Å²) < 4.78 is 0. The first-order valence-corrected chi connectivity index (χ1v) is 6.93. The minimum absolute atomic E-state index is 0.0628. The maximum atomic E-state index is 11.9. The molecule has 4 nitrogen and oxygen atoms in total. The number of hydrogen-bond acceptors (Lipinski definition) is 3. The van der Waals surface area contributed by atoms with E-state index >= 15 is 0 Å². The van der Waals surface area contributed by atoms with Gasteiger partial charge in [0.1, 0.15) is 0 Å². The third-order valence-corrected chi connectivity index (χ3v) is 3.83. The van der Waals surface area contributed by atoms with Crippen LogP contribution < -0.4 is 11.1 Å². The van der Waals surface area contributed by atoms with E-state index in [-0.39, 0.29) is 24.5 Å². The van der Waals surface area contributed by atoms with Crippen LogP contribution in [-0.2, 0) is 11.2 Å². The Labute approximate surface area is 114 Å². The average Bonchev–Trinajstić information content (AvgIpc) is 2.84. The van der Waals surface area contributed by atoms with Crippen molar-refractivity contribution in [1.29, 1.82) is 0 Å². The number of carbonyl (C=O) groups excluding carboxylic acids is 1. The van der Waals surface area contributed by atoms with Crippen LogP contribution in [0.2, 0.25) is 0 Å². The van der Waals surface area contributed by atoms with Crippen LogP contribution in [0.1, 0.15) is 31.2 Å². The van der Waals surface area contributed by atoms with Crippen molar-refractivity contribution in [2.24, 2.45) is 5.92 Å². The van der Waals surface area contributed by atoms with E-state index in [0.29, 0.717) is 12.8 Å². The number of amides is 1. The van der Waals surface area contributed by atoms with Crippen LogP contribution in [0.15, 0.2) is 24.3 Å². The lowest BCUT2D eigenvalue weighted by Crippen LogP contribution is -2.38. The minimum atomic E-state index is 0.0628. The zero-order valence-corrected chi connectivity index (χ0v) is 11.1. The fraction of sp³-hybridized carbons (Fsp3) is 0.533. The van der Waals surface area contributed by atoms with Gasteiger partial charge in [0.2, 0.25) is 5.91 Å². The number of anilines is 1. The SMILES string of the molecule is Nc1cccc(CCC(=O)NC2CCCC2CO)c1. The minimum Gasteiger partial charge on any atom is -0.399 e. The zero-order chi connectivity index (χ0) is 13.7. The van der Waals surface area contributed by atoms with Crippen molar-refractivity contribution in [3.05, 3.63) is 29.8 Å². The standard InChI is InChI=1S/C15H22N2O2/c16-13-5-1-3-11(9-13)7-8-15(19)17-14-6-2-4-12(14)10-18/h1,3,5,9,12,14,18H,2,4,6-8,10,16H2,(H,17,19). The summed E-state index contributed by atoms with van der Waals surface area (Å²) in [6, 6.07) is 7.78. The van der Waals surface area contributed by atoms with Gasteiger partial charge in [0.15, 0.2) is 0 Å². The topological polar surface area (TPSA) is 75.4 Å². The number of benzene rings is 1. The summed E-state index contributed by atoms with van der Waals surface area (Å²) in [4.78, 5) is 11.9. The molecule has 1 amide bonds.